The fourth-order valence-electron chi connectivity index (χ4n) is 1.62. The van der Waals surface area contributed by atoms with Crippen LogP contribution in [0.4, 0.5) is 0 Å². The van der Waals surface area contributed by atoms with E-state index in [2.05, 4.69) is 11.3 Å². The van der Waals surface area contributed by atoms with E-state index < -0.39 is 22.4 Å². The van der Waals surface area contributed by atoms with Crippen LogP contribution in [0.3, 0.4) is 0 Å². The molecule has 1 rings (SSSR count). The molecule has 2 N–H and O–H groups in total. The highest BCUT2D eigenvalue weighted by molar-refractivity contribution is 7.89. The fraction of sp³-hybridized carbons (Fsp3) is 0.308. The molecule has 0 saturated carbocycles. The average molecular weight is 299 g/mol. The lowest BCUT2D eigenvalue weighted by Crippen LogP contribution is -2.26. The van der Waals surface area contributed by atoms with Gasteiger partial charge in [0.1, 0.15) is 5.75 Å². The van der Waals surface area contributed by atoms with Gasteiger partial charge in [-0.1, -0.05) is 6.08 Å². The van der Waals surface area contributed by atoms with E-state index in [4.69, 9.17) is 9.84 Å². The third-order valence-electron chi connectivity index (χ3n) is 2.54. The monoisotopic (exact) mass is 299 g/mol. The second kappa shape index (κ2) is 7.06. The van der Waals surface area contributed by atoms with Gasteiger partial charge < -0.3 is 9.84 Å². The average Bonchev–Trinajstić information content (AvgIpc) is 2.37. The van der Waals surface area contributed by atoms with Gasteiger partial charge in [0, 0.05) is 6.54 Å². The number of benzene rings is 1. The zero-order valence-corrected chi connectivity index (χ0v) is 11.9. The van der Waals surface area contributed by atoms with E-state index in [-0.39, 0.29) is 17.0 Å². The van der Waals surface area contributed by atoms with E-state index in [0.717, 1.165) is 0 Å². The highest BCUT2D eigenvalue weighted by atomic mass is 32.2. The Morgan fingerprint density at radius 3 is 2.75 bits per heavy atom. The van der Waals surface area contributed by atoms with Crippen LogP contribution in [0.15, 0.2) is 35.7 Å². The Morgan fingerprint density at radius 1 is 1.50 bits per heavy atom. The number of hydrogen-bond donors (Lipinski definition) is 2. The van der Waals surface area contributed by atoms with Gasteiger partial charge in [-0.15, -0.1) is 6.58 Å². The lowest BCUT2D eigenvalue weighted by Gasteiger charge is -2.11. The third-order valence-corrected chi connectivity index (χ3v) is 4.10. The Morgan fingerprint density at radius 2 is 2.20 bits per heavy atom. The molecular formula is C13H17NO5S. The Hall–Kier alpha value is -1.86. The van der Waals surface area contributed by atoms with Gasteiger partial charge in [0.15, 0.2) is 0 Å². The quantitative estimate of drug-likeness (QED) is 0.555. The van der Waals surface area contributed by atoms with Gasteiger partial charge in [-0.3, -0.25) is 4.79 Å². The largest absolute Gasteiger partial charge is 0.497 e. The van der Waals surface area contributed by atoms with Gasteiger partial charge in [-0.05, 0) is 30.2 Å². The van der Waals surface area contributed by atoms with E-state index in [1.807, 2.05) is 0 Å². The molecule has 20 heavy (non-hydrogen) atoms. The van der Waals surface area contributed by atoms with E-state index in [0.29, 0.717) is 12.2 Å². The van der Waals surface area contributed by atoms with Crippen molar-refractivity contribution in [2.24, 2.45) is 0 Å². The molecule has 110 valence electrons. The first-order valence-corrected chi connectivity index (χ1v) is 7.38. The zero-order valence-electron chi connectivity index (χ0n) is 11.1. The number of carboxylic acid groups (broad SMARTS) is 1. The molecule has 6 nitrogen and oxygen atoms in total. The summed E-state index contributed by atoms with van der Waals surface area (Å²) in [5, 5.41) is 8.87. The van der Waals surface area contributed by atoms with Gasteiger partial charge in [0.05, 0.1) is 18.4 Å². The number of ether oxygens (including phenoxy) is 1. The lowest BCUT2D eigenvalue weighted by atomic mass is 10.1. The van der Waals surface area contributed by atoms with Gasteiger partial charge >= 0.3 is 5.97 Å². The highest BCUT2D eigenvalue weighted by Gasteiger charge is 2.20. The summed E-state index contributed by atoms with van der Waals surface area (Å²) in [6.45, 7) is 3.72. The first kappa shape index (κ1) is 16.2. The van der Waals surface area contributed by atoms with Crippen LogP contribution in [0.2, 0.25) is 0 Å². The molecule has 0 aliphatic carbocycles. The van der Waals surface area contributed by atoms with Crippen molar-refractivity contribution in [3.63, 3.8) is 0 Å². The van der Waals surface area contributed by atoms with Gasteiger partial charge in [0.25, 0.3) is 0 Å². The summed E-state index contributed by atoms with van der Waals surface area (Å²) in [6.07, 6.45) is 1.69. The molecule has 0 aliphatic heterocycles. The summed E-state index contributed by atoms with van der Waals surface area (Å²) in [7, 11) is -2.32. The summed E-state index contributed by atoms with van der Waals surface area (Å²) in [5.41, 5.74) is 0.183. The van der Waals surface area contributed by atoms with Crippen molar-refractivity contribution in [3.05, 3.63) is 36.4 Å². The normalized spacial score (nSPS) is 11.1. The molecular weight excluding hydrogens is 282 g/mol. The van der Waals surface area contributed by atoms with Crippen LogP contribution >= 0.6 is 0 Å². The molecule has 0 spiro atoms. The van der Waals surface area contributed by atoms with E-state index >= 15 is 0 Å². The Balaban J connectivity index is 3.14. The number of aliphatic carboxylic acids is 1. The maximum absolute atomic E-state index is 12.1. The van der Waals surface area contributed by atoms with E-state index in [1.165, 1.54) is 25.3 Å². The van der Waals surface area contributed by atoms with Crippen LogP contribution in [0.5, 0.6) is 5.75 Å². The van der Waals surface area contributed by atoms with Crippen molar-refractivity contribution in [2.45, 2.75) is 17.7 Å². The number of hydrogen-bond acceptors (Lipinski definition) is 4. The first-order chi connectivity index (χ1) is 9.40. The number of sulfonamides is 1. The van der Waals surface area contributed by atoms with Crippen LogP contribution in [0.25, 0.3) is 0 Å². The number of carboxylic acids is 1. The van der Waals surface area contributed by atoms with Gasteiger partial charge in [-0.25, -0.2) is 13.1 Å². The predicted molar refractivity (Wildman–Crippen MR) is 74.3 cm³/mol. The third kappa shape index (κ3) is 4.36. The minimum absolute atomic E-state index is 0.0511. The number of methoxy groups -OCH3 is 1. The van der Waals surface area contributed by atoms with Crippen LogP contribution in [-0.2, 0) is 21.2 Å². The van der Waals surface area contributed by atoms with Gasteiger partial charge in [0.2, 0.25) is 10.0 Å². The second-order valence-electron chi connectivity index (χ2n) is 4.02. The summed E-state index contributed by atoms with van der Waals surface area (Å²) < 4.78 is 31.6. The fourth-order valence-corrected chi connectivity index (χ4v) is 2.88. The Bertz CT molecular complexity index is 595. The maximum Gasteiger partial charge on any atom is 0.307 e. The van der Waals surface area contributed by atoms with Crippen molar-refractivity contribution in [3.8, 4) is 5.75 Å². The van der Waals surface area contributed by atoms with E-state index in [1.54, 1.807) is 6.08 Å². The van der Waals surface area contributed by atoms with Crippen LogP contribution in [0.1, 0.15) is 12.0 Å². The van der Waals surface area contributed by atoms with Crippen molar-refractivity contribution in [1.29, 1.82) is 0 Å². The Labute approximate surface area is 118 Å². The molecule has 0 amide bonds. The molecule has 0 saturated heterocycles. The van der Waals surface area contributed by atoms with Crippen LogP contribution in [0, 0.1) is 0 Å². The Kier molecular flexibility index (Phi) is 5.72. The highest BCUT2D eigenvalue weighted by Crippen LogP contribution is 2.22. The molecule has 0 bridgehead atoms. The molecule has 0 aromatic heterocycles. The van der Waals surface area contributed by atoms with Crippen LogP contribution in [-0.4, -0.2) is 33.1 Å². The summed E-state index contributed by atoms with van der Waals surface area (Å²) in [6, 6.07) is 4.23. The molecule has 1 aromatic rings. The van der Waals surface area contributed by atoms with E-state index in [9.17, 15) is 13.2 Å². The minimum atomic E-state index is -3.75. The standard InChI is InChI=1S/C13H17NO5S/c1-3-4-7-14-20(17,18)12-6-5-11(19-2)8-10(12)9-13(15)16/h3,5-6,8,14H,1,4,7,9H2,2H3,(H,15,16). The zero-order chi connectivity index (χ0) is 15.2. The molecule has 1 aromatic carbocycles. The summed E-state index contributed by atoms with van der Waals surface area (Å²) in [5.74, 6) is -0.702. The molecule has 0 aliphatic rings. The SMILES string of the molecule is C=CCCNS(=O)(=O)c1ccc(OC)cc1CC(=O)O. The summed E-state index contributed by atoms with van der Waals surface area (Å²) >= 11 is 0. The molecule has 7 heteroatoms. The molecule has 0 heterocycles. The molecule has 0 unspecified atom stereocenters. The maximum atomic E-state index is 12.1. The molecule has 0 atom stereocenters. The number of nitrogens with one attached hydrogen (secondary N) is 1. The topological polar surface area (TPSA) is 92.7 Å². The predicted octanol–water partition coefficient (Wildman–Crippen LogP) is 1.18. The van der Waals surface area contributed by atoms with Crippen molar-refractivity contribution in [2.75, 3.05) is 13.7 Å². The smallest absolute Gasteiger partial charge is 0.307 e. The number of rotatable bonds is 8. The van der Waals surface area contributed by atoms with Crippen molar-refractivity contribution >= 4 is 16.0 Å². The first-order valence-electron chi connectivity index (χ1n) is 5.90. The molecule has 0 fully saturated rings. The minimum Gasteiger partial charge on any atom is -0.497 e. The molecule has 0 radical (unpaired) electrons. The number of carbonyl (C=O) groups is 1. The second-order valence-corrected chi connectivity index (χ2v) is 5.75. The summed E-state index contributed by atoms with van der Waals surface area (Å²) in [4.78, 5) is 10.8. The van der Waals surface area contributed by atoms with Crippen LogP contribution < -0.4 is 9.46 Å². The van der Waals surface area contributed by atoms with Crippen molar-refractivity contribution in [1.82, 2.24) is 4.72 Å². The van der Waals surface area contributed by atoms with Gasteiger partial charge in [-0.2, -0.15) is 0 Å². The van der Waals surface area contributed by atoms with Crippen molar-refractivity contribution < 1.29 is 23.1 Å². The lowest BCUT2D eigenvalue weighted by molar-refractivity contribution is -0.136.